The van der Waals surface area contributed by atoms with E-state index in [-0.39, 0.29) is 17.0 Å². The van der Waals surface area contributed by atoms with Crippen molar-refractivity contribution in [1.29, 1.82) is 0 Å². The van der Waals surface area contributed by atoms with E-state index in [4.69, 9.17) is 0 Å². The lowest BCUT2D eigenvalue weighted by Crippen LogP contribution is -2.17. The maximum atomic E-state index is 12.3. The number of non-ortho nitro benzene ring substituents is 1. The Hall–Kier alpha value is -4.46. The second-order valence-electron chi connectivity index (χ2n) is 6.87. The van der Waals surface area contributed by atoms with Crippen molar-refractivity contribution in [3.63, 3.8) is 0 Å². The van der Waals surface area contributed by atoms with Gasteiger partial charge in [0.05, 0.1) is 16.7 Å². The smallest absolute Gasteiger partial charge is 0.275 e. The fourth-order valence-corrected chi connectivity index (χ4v) is 3.33. The Morgan fingerprint density at radius 1 is 1.10 bits per heavy atom. The predicted molar refractivity (Wildman–Crippen MR) is 117 cm³/mol. The topological polar surface area (TPSA) is 110 Å². The van der Waals surface area contributed by atoms with Gasteiger partial charge in [0.25, 0.3) is 11.6 Å². The molecule has 0 spiro atoms. The largest absolute Gasteiger partial charge is 0.507 e. The van der Waals surface area contributed by atoms with Crippen molar-refractivity contribution in [1.82, 2.24) is 9.99 Å². The van der Waals surface area contributed by atoms with Gasteiger partial charge < -0.3 is 9.67 Å². The van der Waals surface area contributed by atoms with Crippen molar-refractivity contribution in [2.24, 2.45) is 5.10 Å². The SMILES string of the molecule is O=C(NN=Cc1cn(Cc2ccccc2)c2ccccc12)c1cc([N+](=O)[O-])ccc1O. The molecule has 0 bridgehead atoms. The average molecular weight is 414 g/mol. The molecule has 3 aromatic carbocycles. The van der Waals surface area contributed by atoms with E-state index in [1.54, 1.807) is 0 Å². The molecule has 154 valence electrons. The summed E-state index contributed by atoms with van der Waals surface area (Å²) in [6.07, 6.45) is 3.45. The predicted octanol–water partition coefficient (Wildman–Crippen LogP) is 4.07. The number of fused-ring (bicyclic) bond motifs is 1. The number of benzene rings is 3. The highest BCUT2D eigenvalue weighted by molar-refractivity contribution is 6.01. The highest BCUT2D eigenvalue weighted by Gasteiger charge is 2.16. The molecule has 1 heterocycles. The lowest BCUT2D eigenvalue weighted by Gasteiger charge is -2.05. The van der Waals surface area contributed by atoms with Crippen molar-refractivity contribution >= 4 is 28.7 Å². The third-order valence-electron chi connectivity index (χ3n) is 4.82. The molecular formula is C23H18N4O4. The summed E-state index contributed by atoms with van der Waals surface area (Å²) < 4.78 is 2.10. The van der Waals surface area contributed by atoms with E-state index in [9.17, 15) is 20.0 Å². The summed E-state index contributed by atoms with van der Waals surface area (Å²) in [6.45, 7) is 0.684. The molecule has 0 fully saturated rings. The molecule has 0 unspecified atom stereocenters. The molecule has 4 aromatic rings. The molecule has 1 amide bonds. The number of amides is 1. The number of hydrogen-bond donors (Lipinski definition) is 2. The van der Waals surface area contributed by atoms with Crippen molar-refractivity contribution < 1.29 is 14.8 Å². The van der Waals surface area contributed by atoms with Gasteiger partial charge in [-0.25, -0.2) is 5.43 Å². The van der Waals surface area contributed by atoms with E-state index in [0.29, 0.717) is 6.54 Å². The summed E-state index contributed by atoms with van der Waals surface area (Å²) in [7, 11) is 0. The van der Waals surface area contributed by atoms with Gasteiger partial charge in [-0.05, 0) is 17.7 Å². The van der Waals surface area contributed by atoms with Crippen LogP contribution >= 0.6 is 0 Å². The van der Waals surface area contributed by atoms with Gasteiger partial charge in [0.15, 0.2) is 0 Å². The second-order valence-corrected chi connectivity index (χ2v) is 6.87. The molecule has 0 atom stereocenters. The molecule has 31 heavy (non-hydrogen) atoms. The van der Waals surface area contributed by atoms with Crippen molar-refractivity contribution in [2.45, 2.75) is 6.54 Å². The van der Waals surface area contributed by atoms with Gasteiger partial charge in [-0.15, -0.1) is 0 Å². The lowest BCUT2D eigenvalue weighted by molar-refractivity contribution is -0.384. The maximum Gasteiger partial charge on any atom is 0.275 e. The van der Waals surface area contributed by atoms with Crippen LogP contribution in [0.2, 0.25) is 0 Å². The standard InChI is InChI=1S/C23H18N4O4/c28-22-11-10-18(27(30)31)12-20(22)23(29)25-24-13-17-15-26(14-16-6-2-1-3-7-16)21-9-5-4-8-19(17)21/h1-13,15,28H,14H2,(H,25,29). The average Bonchev–Trinajstić information content (AvgIpc) is 3.12. The minimum atomic E-state index is -0.745. The Morgan fingerprint density at radius 2 is 1.84 bits per heavy atom. The lowest BCUT2D eigenvalue weighted by atomic mass is 10.1. The number of hydrogen-bond acceptors (Lipinski definition) is 5. The number of phenolic OH excluding ortho intramolecular Hbond substituents is 1. The van der Waals surface area contributed by atoms with Gasteiger partial charge in [-0.3, -0.25) is 14.9 Å². The van der Waals surface area contributed by atoms with Gasteiger partial charge in [0, 0.05) is 41.3 Å². The summed E-state index contributed by atoms with van der Waals surface area (Å²) in [5, 5.41) is 25.7. The third kappa shape index (κ3) is 4.27. The normalized spacial score (nSPS) is 11.1. The van der Waals surface area contributed by atoms with Gasteiger partial charge in [0.1, 0.15) is 5.75 Å². The van der Waals surface area contributed by atoms with E-state index in [1.807, 2.05) is 60.8 Å². The number of nitro groups is 1. The number of phenols is 1. The van der Waals surface area contributed by atoms with Crippen LogP contribution in [0.15, 0.2) is 84.1 Å². The summed E-state index contributed by atoms with van der Waals surface area (Å²) in [5.41, 5.74) is 4.78. The van der Waals surface area contributed by atoms with Crippen LogP contribution in [-0.4, -0.2) is 26.7 Å². The quantitative estimate of drug-likeness (QED) is 0.281. The highest BCUT2D eigenvalue weighted by Crippen LogP contribution is 2.23. The van der Waals surface area contributed by atoms with Crippen molar-refractivity contribution in [2.75, 3.05) is 0 Å². The number of nitrogens with one attached hydrogen (secondary N) is 1. The van der Waals surface area contributed by atoms with Crippen LogP contribution in [-0.2, 0) is 6.54 Å². The Kier molecular flexibility index (Phi) is 5.44. The van der Waals surface area contributed by atoms with Gasteiger partial charge >= 0.3 is 0 Å². The molecular weight excluding hydrogens is 396 g/mol. The summed E-state index contributed by atoms with van der Waals surface area (Å²) >= 11 is 0. The summed E-state index contributed by atoms with van der Waals surface area (Å²) in [6, 6.07) is 21.1. The Balaban J connectivity index is 1.57. The molecule has 8 nitrogen and oxygen atoms in total. The number of aromatic nitrogens is 1. The van der Waals surface area contributed by atoms with Crippen molar-refractivity contribution in [3.05, 3.63) is 106 Å². The number of aromatic hydroxyl groups is 1. The molecule has 0 radical (unpaired) electrons. The van der Waals surface area contributed by atoms with Gasteiger partial charge in [-0.2, -0.15) is 5.10 Å². The van der Waals surface area contributed by atoms with Crippen molar-refractivity contribution in [3.8, 4) is 5.75 Å². The minimum absolute atomic E-state index is 0.224. The van der Waals surface area contributed by atoms with Crippen LogP contribution in [0.3, 0.4) is 0 Å². The summed E-state index contributed by atoms with van der Waals surface area (Å²) in [5.74, 6) is -1.11. The molecule has 2 N–H and O–H groups in total. The molecule has 0 aliphatic rings. The number of rotatable bonds is 6. The van der Waals surface area contributed by atoms with E-state index >= 15 is 0 Å². The zero-order valence-corrected chi connectivity index (χ0v) is 16.3. The zero-order chi connectivity index (χ0) is 21.8. The number of hydrazone groups is 1. The van der Waals surface area contributed by atoms with Gasteiger partial charge in [0.2, 0.25) is 0 Å². The second kappa shape index (κ2) is 8.50. The Labute approximate surface area is 177 Å². The molecule has 0 saturated carbocycles. The fourth-order valence-electron chi connectivity index (χ4n) is 3.33. The minimum Gasteiger partial charge on any atom is -0.507 e. The highest BCUT2D eigenvalue weighted by atomic mass is 16.6. The number of carbonyl (C=O) groups is 1. The van der Waals surface area contributed by atoms with Crippen LogP contribution in [0.4, 0.5) is 5.69 Å². The number of nitrogens with zero attached hydrogens (tertiary/aromatic N) is 3. The molecule has 4 rings (SSSR count). The van der Waals surface area contributed by atoms with Crippen LogP contribution in [0.1, 0.15) is 21.5 Å². The molecule has 0 saturated heterocycles. The fraction of sp³-hybridized carbons (Fsp3) is 0.0435. The Bertz CT molecular complexity index is 1300. The maximum absolute atomic E-state index is 12.3. The first-order valence-corrected chi connectivity index (χ1v) is 9.45. The van der Waals surface area contributed by atoms with Crippen LogP contribution in [0, 0.1) is 10.1 Å². The van der Waals surface area contributed by atoms with Crippen LogP contribution < -0.4 is 5.43 Å². The van der Waals surface area contributed by atoms with E-state index in [2.05, 4.69) is 15.1 Å². The third-order valence-corrected chi connectivity index (χ3v) is 4.82. The van der Waals surface area contributed by atoms with E-state index < -0.39 is 10.8 Å². The monoisotopic (exact) mass is 414 g/mol. The number of nitro benzene ring substituents is 1. The molecule has 0 aliphatic heterocycles. The van der Waals surface area contributed by atoms with E-state index in [0.717, 1.165) is 40.2 Å². The first kappa shape index (κ1) is 19.8. The first-order valence-electron chi connectivity index (χ1n) is 9.45. The number of para-hydroxylation sites is 1. The molecule has 0 aliphatic carbocycles. The van der Waals surface area contributed by atoms with Crippen LogP contribution in [0.5, 0.6) is 5.75 Å². The number of carbonyl (C=O) groups excluding carboxylic acids is 1. The first-order chi connectivity index (χ1) is 15.0. The summed E-state index contributed by atoms with van der Waals surface area (Å²) in [4.78, 5) is 22.6. The van der Waals surface area contributed by atoms with Crippen LogP contribution in [0.25, 0.3) is 10.9 Å². The molecule has 1 aromatic heterocycles. The van der Waals surface area contributed by atoms with E-state index in [1.165, 1.54) is 6.21 Å². The molecule has 8 heteroatoms. The van der Waals surface area contributed by atoms with Gasteiger partial charge in [-0.1, -0.05) is 48.5 Å². The zero-order valence-electron chi connectivity index (χ0n) is 16.3. The Morgan fingerprint density at radius 3 is 2.61 bits per heavy atom.